The zero-order valence-corrected chi connectivity index (χ0v) is 10.5. The van der Waals surface area contributed by atoms with Gasteiger partial charge < -0.3 is 11.6 Å². The van der Waals surface area contributed by atoms with Gasteiger partial charge in [-0.3, -0.25) is 0 Å². The number of unbranched alkanes of at least 4 members (excludes halogenated alkanes) is 2. The molecular weight excluding hydrogens is 287 g/mol. The average molecular weight is 306 g/mol. The molecule has 5 heteroatoms. The first-order valence-corrected chi connectivity index (χ1v) is 7.20. The van der Waals surface area contributed by atoms with E-state index in [4.69, 9.17) is 15.0 Å². The quantitative estimate of drug-likeness (QED) is 0.411. The fourth-order valence-corrected chi connectivity index (χ4v) is 0.595. The van der Waals surface area contributed by atoms with E-state index in [0.29, 0.717) is 0 Å². The molecule has 0 bridgehead atoms. The first kappa shape index (κ1) is 16.0. The highest BCUT2D eigenvalue weighted by atomic mass is 127. The van der Waals surface area contributed by atoms with Gasteiger partial charge in [-0.1, -0.05) is 26.7 Å². The molecule has 0 atom stereocenters. The van der Waals surface area contributed by atoms with Crippen LogP contribution in [0.2, 0.25) is 0 Å². The molecule has 13 heavy (non-hydrogen) atoms. The zero-order valence-electron chi connectivity index (χ0n) is 8.29. The maximum absolute atomic E-state index is 8.68. The smallest absolute Gasteiger partial charge is 0.396 e. The number of halogens is 1. The van der Waals surface area contributed by atoms with Crippen molar-refractivity contribution in [2.24, 2.45) is 0 Å². The highest BCUT2D eigenvalue weighted by Crippen LogP contribution is 1.91. The number of rotatable bonds is 6. The van der Waals surface area contributed by atoms with E-state index in [1.165, 1.54) is 25.7 Å². The Labute approximate surface area is 89.0 Å². The van der Waals surface area contributed by atoms with Crippen LogP contribution in [0, 0.1) is 0 Å². The molecule has 0 aliphatic carbocycles. The summed E-state index contributed by atoms with van der Waals surface area (Å²) in [5.74, 6) is 0. The lowest BCUT2D eigenvalue weighted by Crippen LogP contribution is -3.98. The summed E-state index contributed by atoms with van der Waals surface area (Å²) in [7, 11) is 0. The monoisotopic (exact) mass is 306 g/mol. The normalized spacial score (nSPS) is 9.69. The van der Waals surface area contributed by atoms with Gasteiger partial charge >= 0.3 is 21.1 Å². The van der Waals surface area contributed by atoms with Crippen molar-refractivity contribution in [1.82, 2.24) is 0 Å². The lowest BCUT2D eigenvalue weighted by Gasteiger charge is -1.99. The van der Waals surface area contributed by atoms with Crippen molar-refractivity contribution < 1.29 is 36.1 Å². The summed E-state index contributed by atoms with van der Waals surface area (Å²) >= 11 is -3.76. The van der Waals surface area contributed by atoms with Gasteiger partial charge in [0.1, 0.15) is 0 Å². The molecule has 0 fully saturated rings. The Bertz CT molecular complexity index is 71.8. The molecule has 0 unspecified atom stereocenters. The van der Waals surface area contributed by atoms with E-state index in [9.17, 15) is 0 Å². The lowest BCUT2D eigenvalue weighted by atomic mass is 10.3. The van der Waals surface area contributed by atoms with Crippen LogP contribution in [-0.4, -0.2) is 16.6 Å². The summed E-state index contributed by atoms with van der Waals surface area (Å²) in [5.41, 5.74) is 0. The Balaban J connectivity index is 0. The lowest BCUT2D eigenvalue weighted by molar-refractivity contribution is -1.63. The topological polar surface area (TPSA) is 75.6 Å². The third kappa shape index (κ3) is 32.5. The Kier molecular flexibility index (Phi) is 18.6. The minimum absolute atomic E-state index is 0.955. The van der Waals surface area contributed by atoms with Gasteiger partial charge in [0.2, 0.25) is 0 Å². The maximum Gasteiger partial charge on any atom is 0.503 e. The van der Waals surface area contributed by atoms with Gasteiger partial charge in [0.05, 0.1) is 0 Å². The zero-order chi connectivity index (χ0) is 10.5. The van der Waals surface area contributed by atoms with Gasteiger partial charge in [-0.15, -0.1) is 0 Å². The molecule has 0 aliphatic rings. The summed E-state index contributed by atoms with van der Waals surface area (Å²) in [6.07, 6.45) is 4.91. The summed E-state index contributed by atoms with van der Waals surface area (Å²) in [5, 5.41) is 0. The van der Waals surface area contributed by atoms with Crippen molar-refractivity contribution in [3.8, 4) is 0 Å². The van der Waals surface area contributed by atoms with Gasteiger partial charge in [0.15, 0.2) is 0 Å². The van der Waals surface area contributed by atoms with E-state index in [2.05, 4.69) is 13.8 Å². The van der Waals surface area contributed by atoms with Gasteiger partial charge in [0, 0.05) is 13.2 Å². The van der Waals surface area contributed by atoms with Gasteiger partial charge in [-0.25, -0.2) is 0 Å². The second-order valence-corrected chi connectivity index (χ2v) is 3.67. The van der Waals surface area contributed by atoms with Gasteiger partial charge in [-0.05, 0) is 16.3 Å². The molecule has 0 saturated heterocycles. The summed E-state index contributed by atoms with van der Waals surface area (Å²) in [6.45, 7) is 6.28. The van der Waals surface area contributed by atoms with Crippen molar-refractivity contribution in [3.05, 3.63) is 0 Å². The van der Waals surface area contributed by atoms with Crippen LogP contribution in [0.3, 0.4) is 0 Å². The van der Waals surface area contributed by atoms with Crippen LogP contribution in [0.4, 0.5) is 0 Å². The van der Waals surface area contributed by atoms with Gasteiger partial charge in [0.25, 0.3) is 0 Å². The summed E-state index contributed by atoms with van der Waals surface area (Å²) < 4.78 is 29.8. The first-order valence-electron chi connectivity index (χ1n) is 4.47. The van der Waals surface area contributed by atoms with E-state index >= 15 is 0 Å². The van der Waals surface area contributed by atoms with Crippen LogP contribution < -0.4 is 27.9 Å². The molecule has 82 valence electrons. The molecule has 1 N–H and O–H groups in total. The van der Waals surface area contributed by atoms with Crippen LogP contribution in [0.5, 0.6) is 0 Å². The molecule has 0 amide bonds. The molecule has 0 aromatic heterocycles. The highest BCUT2D eigenvalue weighted by molar-refractivity contribution is 4.33. The largest absolute Gasteiger partial charge is 0.503 e. The molecule has 0 spiro atoms. The van der Waals surface area contributed by atoms with Crippen molar-refractivity contribution in [1.29, 1.82) is 0 Å². The van der Waals surface area contributed by atoms with Crippen molar-refractivity contribution in [2.45, 2.75) is 39.5 Å². The molecule has 0 aromatic rings. The highest BCUT2D eigenvalue weighted by Gasteiger charge is 1.89. The molecule has 0 aromatic carbocycles. The third-order valence-corrected chi connectivity index (χ3v) is 1.28. The van der Waals surface area contributed by atoms with Crippen LogP contribution >= 0.6 is 0 Å². The minimum Gasteiger partial charge on any atom is -0.396 e. The Hall–Kier alpha value is 0.570. The predicted octanol–water partition coefficient (Wildman–Crippen LogP) is -3.33. The Morgan fingerprint density at radius 1 is 1.08 bits per heavy atom. The molecule has 0 heterocycles. The SMILES string of the molecule is CCCCOCCCC.[O-][I+2]([O-])O. The van der Waals surface area contributed by atoms with Gasteiger partial charge in [-0.2, -0.15) is 0 Å². The van der Waals surface area contributed by atoms with Crippen LogP contribution in [-0.2, 0) is 4.74 Å². The first-order chi connectivity index (χ1) is 6.15. The van der Waals surface area contributed by atoms with E-state index in [1.54, 1.807) is 0 Å². The van der Waals surface area contributed by atoms with E-state index < -0.39 is 21.1 Å². The van der Waals surface area contributed by atoms with Crippen LogP contribution in [0.15, 0.2) is 0 Å². The second-order valence-electron chi connectivity index (χ2n) is 2.52. The van der Waals surface area contributed by atoms with E-state index in [-0.39, 0.29) is 0 Å². The number of ether oxygens (including phenoxy) is 1. The minimum atomic E-state index is -3.76. The molecule has 4 nitrogen and oxygen atoms in total. The predicted molar refractivity (Wildman–Crippen MR) is 42.9 cm³/mol. The molecular formula is C8H19IO4. The maximum atomic E-state index is 8.68. The van der Waals surface area contributed by atoms with Crippen LogP contribution in [0.25, 0.3) is 0 Å². The Morgan fingerprint density at radius 2 is 1.38 bits per heavy atom. The van der Waals surface area contributed by atoms with E-state index in [1.807, 2.05) is 0 Å². The Morgan fingerprint density at radius 3 is 1.62 bits per heavy atom. The third-order valence-electron chi connectivity index (χ3n) is 1.28. The summed E-state index contributed by atoms with van der Waals surface area (Å²) in [6, 6.07) is 0. The summed E-state index contributed by atoms with van der Waals surface area (Å²) in [4.78, 5) is 0. The number of hydrogen-bond acceptors (Lipinski definition) is 4. The molecule has 0 radical (unpaired) electrons. The van der Waals surface area contributed by atoms with Crippen LogP contribution in [0.1, 0.15) is 39.5 Å². The fraction of sp³-hybridized carbons (Fsp3) is 1.00. The van der Waals surface area contributed by atoms with Crippen molar-refractivity contribution >= 4 is 0 Å². The standard InChI is InChI=1S/C8H18O.HIO3/c1-3-5-7-9-8-6-4-2;2-1(3)4/h3-8H2,1-2H3;2H. The second kappa shape index (κ2) is 15.1. The number of hydrogen-bond donors (Lipinski definition) is 1. The van der Waals surface area contributed by atoms with E-state index in [0.717, 1.165) is 13.2 Å². The van der Waals surface area contributed by atoms with Crippen molar-refractivity contribution in [3.63, 3.8) is 0 Å². The fourth-order valence-electron chi connectivity index (χ4n) is 0.595. The molecule has 0 rings (SSSR count). The van der Waals surface area contributed by atoms with Crippen molar-refractivity contribution in [2.75, 3.05) is 13.2 Å². The molecule has 0 saturated carbocycles. The molecule has 0 aliphatic heterocycles. The average Bonchev–Trinajstić information content (AvgIpc) is 2.03.